The van der Waals surface area contributed by atoms with Crippen LogP contribution in [0.15, 0.2) is 36.0 Å². The molecule has 0 atom stereocenters. The molecule has 1 heterocycles. The maximum absolute atomic E-state index is 8.65. The highest BCUT2D eigenvalue weighted by molar-refractivity contribution is 5.51. The number of piperidine rings is 1. The molecule has 2 rings (SSSR count). The van der Waals surface area contributed by atoms with Crippen molar-refractivity contribution in [2.75, 3.05) is 32.1 Å². The van der Waals surface area contributed by atoms with Crippen LogP contribution in [-0.4, -0.2) is 31.6 Å². The molecule has 22 heavy (non-hydrogen) atoms. The molecule has 0 saturated carbocycles. The summed E-state index contributed by atoms with van der Waals surface area (Å²) in [4.78, 5) is 2.35. The molecule has 0 bridgehead atoms. The fourth-order valence-electron chi connectivity index (χ4n) is 2.34. The molecule has 114 valence electrons. The zero-order valence-electron chi connectivity index (χ0n) is 12.7. The minimum Gasteiger partial charge on any atom is -0.493 e. The minimum absolute atomic E-state index is 0.0441. The Morgan fingerprint density at radius 2 is 1.91 bits per heavy atom. The summed E-state index contributed by atoms with van der Waals surface area (Å²) in [6.07, 6.45) is 3.77. The van der Waals surface area contributed by atoms with Crippen LogP contribution >= 0.6 is 0 Å². The third-order valence-corrected chi connectivity index (χ3v) is 3.80. The quantitative estimate of drug-likeness (QED) is 0.846. The number of anilines is 1. The zero-order chi connectivity index (χ0) is 15.8. The predicted octanol–water partition coefficient (Wildman–Crippen LogP) is 2.75. The molecule has 0 aliphatic carbocycles. The Kier molecular flexibility index (Phi) is 5.82. The Labute approximate surface area is 131 Å². The first-order chi connectivity index (χ1) is 10.7. The molecular weight excluding hydrogens is 276 g/mol. The summed E-state index contributed by atoms with van der Waals surface area (Å²) in [5, 5.41) is 20.2. The van der Waals surface area contributed by atoms with Gasteiger partial charge in [-0.05, 0) is 63.2 Å². The molecule has 1 N–H and O–H groups in total. The summed E-state index contributed by atoms with van der Waals surface area (Å²) in [5.41, 5.74) is 0.859. The highest BCUT2D eigenvalue weighted by Gasteiger charge is 2.16. The smallest absolute Gasteiger partial charge is 0.145 e. The summed E-state index contributed by atoms with van der Waals surface area (Å²) in [6.45, 7) is 3.04. The molecule has 0 aromatic heterocycles. The normalized spacial score (nSPS) is 15.4. The molecule has 1 saturated heterocycles. The van der Waals surface area contributed by atoms with Crippen LogP contribution in [0.4, 0.5) is 5.69 Å². The fourth-order valence-corrected chi connectivity index (χ4v) is 2.34. The third kappa shape index (κ3) is 4.80. The summed E-state index contributed by atoms with van der Waals surface area (Å²) >= 11 is 0. The van der Waals surface area contributed by atoms with Crippen molar-refractivity contribution in [3.05, 3.63) is 36.0 Å². The van der Waals surface area contributed by atoms with Crippen molar-refractivity contribution >= 4 is 5.69 Å². The fraction of sp³-hybridized carbons (Fsp3) is 0.412. The summed E-state index contributed by atoms with van der Waals surface area (Å²) in [6, 6.07) is 11.1. The van der Waals surface area contributed by atoms with Gasteiger partial charge < -0.3 is 15.0 Å². The first-order valence-electron chi connectivity index (χ1n) is 7.39. The van der Waals surface area contributed by atoms with Gasteiger partial charge in [0.05, 0.1) is 6.61 Å². The number of rotatable bonds is 5. The minimum atomic E-state index is 0.0441. The van der Waals surface area contributed by atoms with Crippen molar-refractivity contribution in [3.8, 4) is 17.9 Å². The molecule has 0 unspecified atom stereocenters. The summed E-state index contributed by atoms with van der Waals surface area (Å²) in [7, 11) is 2.15. The van der Waals surface area contributed by atoms with E-state index >= 15 is 0 Å². The van der Waals surface area contributed by atoms with Crippen LogP contribution in [-0.2, 0) is 0 Å². The van der Waals surface area contributed by atoms with E-state index in [0.717, 1.165) is 31.1 Å². The Bertz CT molecular complexity index is 571. The van der Waals surface area contributed by atoms with E-state index in [1.54, 1.807) is 12.1 Å². The lowest BCUT2D eigenvalue weighted by molar-refractivity contribution is 0.160. The van der Waals surface area contributed by atoms with Gasteiger partial charge in [-0.2, -0.15) is 10.5 Å². The molecule has 0 amide bonds. The van der Waals surface area contributed by atoms with Gasteiger partial charge in [0.2, 0.25) is 0 Å². The van der Waals surface area contributed by atoms with Crippen molar-refractivity contribution in [2.45, 2.75) is 12.8 Å². The molecule has 1 aliphatic rings. The van der Waals surface area contributed by atoms with Crippen LogP contribution in [0.2, 0.25) is 0 Å². The van der Waals surface area contributed by atoms with Gasteiger partial charge in [0.1, 0.15) is 23.5 Å². The lowest BCUT2D eigenvalue weighted by atomic mass is 9.98. The van der Waals surface area contributed by atoms with Crippen LogP contribution in [0.25, 0.3) is 0 Å². The van der Waals surface area contributed by atoms with Crippen LogP contribution in [0.1, 0.15) is 12.8 Å². The van der Waals surface area contributed by atoms with Crippen molar-refractivity contribution in [1.29, 1.82) is 10.5 Å². The number of hydrogen-bond acceptors (Lipinski definition) is 5. The lowest BCUT2D eigenvalue weighted by Crippen LogP contribution is -2.32. The highest BCUT2D eigenvalue weighted by atomic mass is 16.5. The van der Waals surface area contributed by atoms with Gasteiger partial charge in [-0.15, -0.1) is 0 Å². The number of ether oxygens (including phenoxy) is 1. The van der Waals surface area contributed by atoms with Crippen molar-refractivity contribution in [1.82, 2.24) is 4.90 Å². The Hall–Kier alpha value is -2.50. The second kappa shape index (κ2) is 8.07. The molecule has 5 heteroatoms. The molecule has 1 aromatic carbocycles. The largest absolute Gasteiger partial charge is 0.493 e. The van der Waals surface area contributed by atoms with Crippen LogP contribution in [0.5, 0.6) is 5.75 Å². The number of allylic oxidation sites excluding steroid dienone is 1. The predicted molar refractivity (Wildman–Crippen MR) is 85.1 cm³/mol. The van der Waals surface area contributed by atoms with E-state index in [2.05, 4.69) is 17.3 Å². The van der Waals surface area contributed by atoms with Crippen molar-refractivity contribution in [2.24, 2.45) is 5.92 Å². The number of nitriles is 2. The van der Waals surface area contributed by atoms with E-state index in [1.807, 2.05) is 24.3 Å². The molecular formula is C17H20N4O. The standard InChI is InChI=1S/C17H20N4O/c1-21-8-6-14(7-9-21)13-22-17-4-2-16(3-5-17)20-12-15(10-18)11-19/h2-5,12,14,20H,6-9,13H2,1H3. The van der Waals surface area contributed by atoms with E-state index in [9.17, 15) is 0 Å². The molecule has 1 aliphatic heterocycles. The van der Waals surface area contributed by atoms with Gasteiger partial charge >= 0.3 is 0 Å². The lowest BCUT2D eigenvalue weighted by Gasteiger charge is -2.28. The first kappa shape index (κ1) is 15.9. The Morgan fingerprint density at radius 3 is 2.50 bits per heavy atom. The number of nitrogens with one attached hydrogen (secondary N) is 1. The number of likely N-dealkylation sites (tertiary alicyclic amines) is 1. The van der Waals surface area contributed by atoms with Gasteiger partial charge in [0.25, 0.3) is 0 Å². The van der Waals surface area contributed by atoms with Crippen molar-refractivity contribution in [3.63, 3.8) is 0 Å². The Balaban J connectivity index is 1.81. The van der Waals surface area contributed by atoms with Gasteiger partial charge in [-0.25, -0.2) is 0 Å². The topological polar surface area (TPSA) is 72.1 Å². The van der Waals surface area contributed by atoms with Crippen LogP contribution in [0, 0.1) is 28.6 Å². The first-order valence-corrected chi connectivity index (χ1v) is 7.39. The molecule has 1 fully saturated rings. The average molecular weight is 296 g/mol. The number of hydrogen-bond donors (Lipinski definition) is 1. The summed E-state index contributed by atoms with van der Waals surface area (Å²) in [5.74, 6) is 1.47. The maximum atomic E-state index is 8.65. The second-order valence-corrected chi connectivity index (χ2v) is 5.51. The van der Waals surface area contributed by atoms with E-state index in [4.69, 9.17) is 15.3 Å². The zero-order valence-corrected chi connectivity index (χ0v) is 12.7. The third-order valence-electron chi connectivity index (χ3n) is 3.80. The number of nitrogens with zero attached hydrogens (tertiary/aromatic N) is 3. The van der Waals surface area contributed by atoms with Crippen LogP contribution < -0.4 is 10.1 Å². The van der Waals surface area contributed by atoms with Crippen LogP contribution in [0.3, 0.4) is 0 Å². The van der Waals surface area contributed by atoms with Crippen molar-refractivity contribution < 1.29 is 4.74 Å². The molecule has 0 spiro atoms. The van der Waals surface area contributed by atoms with Gasteiger partial charge in [-0.3, -0.25) is 0 Å². The molecule has 0 radical (unpaired) electrons. The summed E-state index contributed by atoms with van der Waals surface area (Å²) < 4.78 is 5.84. The SMILES string of the molecule is CN1CCC(COc2ccc(NC=C(C#N)C#N)cc2)CC1. The van der Waals surface area contributed by atoms with Gasteiger partial charge in [0.15, 0.2) is 0 Å². The number of benzene rings is 1. The monoisotopic (exact) mass is 296 g/mol. The van der Waals surface area contributed by atoms with E-state index < -0.39 is 0 Å². The van der Waals surface area contributed by atoms with E-state index in [1.165, 1.54) is 19.0 Å². The highest BCUT2D eigenvalue weighted by Crippen LogP contribution is 2.20. The molecule has 1 aromatic rings. The average Bonchev–Trinajstić information content (AvgIpc) is 2.56. The second-order valence-electron chi connectivity index (χ2n) is 5.51. The maximum Gasteiger partial charge on any atom is 0.145 e. The Morgan fingerprint density at radius 1 is 1.27 bits per heavy atom. The molecule has 5 nitrogen and oxygen atoms in total. The van der Waals surface area contributed by atoms with Gasteiger partial charge in [0, 0.05) is 11.9 Å². The van der Waals surface area contributed by atoms with E-state index in [-0.39, 0.29) is 5.57 Å². The van der Waals surface area contributed by atoms with Gasteiger partial charge in [-0.1, -0.05) is 0 Å². The van der Waals surface area contributed by atoms with E-state index in [0.29, 0.717) is 5.92 Å².